The lowest BCUT2D eigenvalue weighted by Crippen LogP contribution is -2.28. The lowest BCUT2D eigenvalue weighted by Gasteiger charge is -2.14. The van der Waals surface area contributed by atoms with Gasteiger partial charge in [-0.3, -0.25) is 0 Å². The van der Waals surface area contributed by atoms with E-state index in [-0.39, 0.29) is 6.03 Å². The van der Waals surface area contributed by atoms with Gasteiger partial charge in [0.25, 0.3) is 0 Å². The minimum atomic E-state index is -0.264. The first kappa shape index (κ1) is 25.4. The second-order valence-electron chi connectivity index (χ2n) is 9.22. The quantitative estimate of drug-likeness (QED) is 0.353. The van der Waals surface area contributed by atoms with Crippen LogP contribution in [0, 0.1) is 5.92 Å². The molecule has 3 aromatic rings. The van der Waals surface area contributed by atoms with Gasteiger partial charge in [-0.2, -0.15) is 0 Å². The van der Waals surface area contributed by atoms with E-state index < -0.39 is 0 Å². The SMILES string of the molecule is COc1ccc(NC(=O)NCc2cccc3c2ccn3CCN(C)C)cc1OCCCC(C)C. The van der Waals surface area contributed by atoms with Gasteiger partial charge in [-0.1, -0.05) is 26.0 Å². The zero-order chi connectivity index (χ0) is 24.5. The Balaban J connectivity index is 1.59. The zero-order valence-corrected chi connectivity index (χ0v) is 21.1. The van der Waals surface area contributed by atoms with Crippen molar-refractivity contribution in [3.63, 3.8) is 0 Å². The molecule has 1 aromatic heterocycles. The van der Waals surface area contributed by atoms with Crippen LogP contribution in [0.4, 0.5) is 10.5 Å². The molecule has 0 saturated carbocycles. The molecular formula is C27H38N4O3. The third-order valence-electron chi connectivity index (χ3n) is 5.74. The van der Waals surface area contributed by atoms with Gasteiger partial charge in [-0.25, -0.2) is 4.79 Å². The highest BCUT2D eigenvalue weighted by Crippen LogP contribution is 2.30. The molecule has 1 heterocycles. The lowest BCUT2D eigenvalue weighted by atomic mass is 10.1. The lowest BCUT2D eigenvalue weighted by molar-refractivity contribution is 0.251. The third-order valence-corrected chi connectivity index (χ3v) is 5.74. The number of benzene rings is 2. The van der Waals surface area contributed by atoms with Gasteiger partial charge in [0, 0.05) is 48.5 Å². The Morgan fingerprint density at radius 1 is 1.12 bits per heavy atom. The maximum Gasteiger partial charge on any atom is 0.319 e. The summed E-state index contributed by atoms with van der Waals surface area (Å²) in [6, 6.07) is 13.5. The number of nitrogens with zero attached hydrogens (tertiary/aromatic N) is 2. The van der Waals surface area contributed by atoms with Gasteiger partial charge in [0.1, 0.15) is 0 Å². The van der Waals surface area contributed by atoms with Gasteiger partial charge in [0.15, 0.2) is 11.5 Å². The molecule has 0 fully saturated rings. The van der Waals surface area contributed by atoms with Crippen LogP contribution in [0.3, 0.4) is 0 Å². The van der Waals surface area contributed by atoms with E-state index in [9.17, 15) is 4.79 Å². The number of amides is 2. The molecule has 0 aliphatic carbocycles. The molecule has 34 heavy (non-hydrogen) atoms. The van der Waals surface area contributed by atoms with Crippen LogP contribution >= 0.6 is 0 Å². The Morgan fingerprint density at radius 3 is 2.68 bits per heavy atom. The molecule has 184 valence electrons. The van der Waals surface area contributed by atoms with Crippen molar-refractivity contribution in [3.8, 4) is 11.5 Å². The van der Waals surface area contributed by atoms with Crippen molar-refractivity contribution >= 4 is 22.6 Å². The molecule has 0 bridgehead atoms. The summed E-state index contributed by atoms with van der Waals surface area (Å²) >= 11 is 0. The van der Waals surface area contributed by atoms with Crippen molar-refractivity contribution in [2.45, 2.75) is 39.8 Å². The third kappa shape index (κ3) is 7.15. The molecular weight excluding hydrogens is 428 g/mol. The fourth-order valence-electron chi connectivity index (χ4n) is 3.84. The van der Waals surface area contributed by atoms with Crippen molar-refractivity contribution in [1.82, 2.24) is 14.8 Å². The summed E-state index contributed by atoms with van der Waals surface area (Å²) in [5, 5.41) is 7.03. The van der Waals surface area contributed by atoms with Crippen LogP contribution in [0.15, 0.2) is 48.7 Å². The number of nitrogens with one attached hydrogen (secondary N) is 2. The number of methoxy groups -OCH3 is 1. The van der Waals surface area contributed by atoms with Crippen molar-refractivity contribution in [2.24, 2.45) is 5.92 Å². The van der Waals surface area contributed by atoms with E-state index in [2.05, 4.69) is 72.4 Å². The monoisotopic (exact) mass is 466 g/mol. The van der Waals surface area contributed by atoms with E-state index in [1.165, 1.54) is 5.52 Å². The van der Waals surface area contributed by atoms with Crippen molar-refractivity contribution in [2.75, 3.05) is 39.7 Å². The number of ether oxygens (including phenoxy) is 2. The number of hydrogen-bond donors (Lipinski definition) is 2. The molecule has 7 nitrogen and oxygen atoms in total. The number of likely N-dealkylation sites (N-methyl/N-ethyl adjacent to an activating group) is 1. The predicted molar refractivity (Wildman–Crippen MR) is 139 cm³/mol. The largest absolute Gasteiger partial charge is 0.493 e. The molecule has 0 spiro atoms. The highest BCUT2D eigenvalue weighted by molar-refractivity contribution is 5.90. The summed E-state index contributed by atoms with van der Waals surface area (Å²) in [6.45, 7) is 7.35. The molecule has 3 rings (SSSR count). The van der Waals surface area contributed by atoms with Gasteiger partial charge < -0.3 is 29.6 Å². The minimum Gasteiger partial charge on any atom is -0.493 e. The normalized spacial score (nSPS) is 11.3. The molecule has 0 aliphatic rings. The average Bonchev–Trinajstić information content (AvgIpc) is 3.23. The molecule has 2 N–H and O–H groups in total. The van der Waals surface area contributed by atoms with Crippen LogP contribution in [0.25, 0.3) is 10.9 Å². The number of carbonyl (C=O) groups excluding carboxylic acids is 1. The van der Waals surface area contributed by atoms with Crippen LogP contribution in [0.1, 0.15) is 32.3 Å². The molecule has 0 unspecified atom stereocenters. The molecule has 0 radical (unpaired) electrons. The molecule has 0 aliphatic heterocycles. The van der Waals surface area contributed by atoms with Crippen LogP contribution in [0.2, 0.25) is 0 Å². The highest BCUT2D eigenvalue weighted by Gasteiger charge is 2.10. The molecule has 2 amide bonds. The summed E-state index contributed by atoms with van der Waals surface area (Å²) in [6.07, 6.45) is 4.19. The number of aromatic nitrogens is 1. The van der Waals surface area contributed by atoms with E-state index in [1.807, 2.05) is 18.2 Å². The van der Waals surface area contributed by atoms with Crippen LogP contribution < -0.4 is 20.1 Å². The zero-order valence-electron chi connectivity index (χ0n) is 21.1. The molecule has 2 aromatic carbocycles. The molecule has 0 saturated heterocycles. The Bertz CT molecular complexity index is 1070. The summed E-state index contributed by atoms with van der Waals surface area (Å²) in [5.41, 5.74) is 2.92. The Labute approximate surface area is 203 Å². The first-order valence-corrected chi connectivity index (χ1v) is 11.9. The van der Waals surface area contributed by atoms with Crippen molar-refractivity contribution in [1.29, 1.82) is 0 Å². The predicted octanol–water partition coefficient (Wildman–Crippen LogP) is 5.35. The second-order valence-corrected chi connectivity index (χ2v) is 9.22. The average molecular weight is 467 g/mol. The smallest absolute Gasteiger partial charge is 0.319 e. The minimum absolute atomic E-state index is 0.264. The maximum absolute atomic E-state index is 12.6. The van der Waals surface area contributed by atoms with E-state index in [0.29, 0.717) is 36.3 Å². The van der Waals surface area contributed by atoms with E-state index in [4.69, 9.17) is 9.47 Å². The standard InChI is InChI=1S/C27H38N4O3/c1-20(2)8-7-17-34-26-18-22(11-12-25(26)33-5)29-27(32)28-19-21-9-6-10-24-23(21)13-14-31(24)16-15-30(3)4/h6,9-14,18,20H,7-8,15-17,19H2,1-5H3,(H2,28,29,32). The number of hydrogen-bond acceptors (Lipinski definition) is 4. The fraction of sp³-hybridized carbons (Fsp3) is 0.444. The number of rotatable bonds is 12. The summed E-state index contributed by atoms with van der Waals surface area (Å²) in [4.78, 5) is 14.8. The fourth-order valence-corrected chi connectivity index (χ4v) is 3.84. The van der Waals surface area contributed by atoms with Gasteiger partial charge in [0.2, 0.25) is 0 Å². The van der Waals surface area contributed by atoms with Crippen molar-refractivity contribution in [3.05, 3.63) is 54.2 Å². The molecule has 0 atom stereocenters. The highest BCUT2D eigenvalue weighted by atomic mass is 16.5. The van der Waals surface area contributed by atoms with E-state index in [0.717, 1.165) is 36.9 Å². The first-order chi connectivity index (χ1) is 16.4. The summed E-state index contributed by atoms with van der Waals surface area (Å²) < 4.78 is 13.6. The molecule has 7 heteroatoms. The van der Waals surface area contributed by atoms with Crippen LogP contribution in [-0.4, -0.2) is 49.9 Å². The topological polar surface area (TPSA) is 67.8 Å². The van der Waals surface area contributed by atoms with Gasteiger partial charge in [-0.15, -0.1) is 0 Å². The Hall–Kier alpha value is -3.19. The van der Waals surface area contributed by atoms with Crippen molar-refractivity contribution < 1.29 is 14.3 Å². The second kappa shape index (κ2) is 12.3. The first-order valence-electron chi connectivity index (χ1n) is 11.9. The van der Waals surface area contributed by atoms with Gasteiger partial charge in [0.05, 0.1) is 13.7 Å². The van der Waals surface area contributed by atoms with E-state index >= 15 is 0 Å². The number of fused-ring (bicyclic) bond motifs is 1. The van der Waals surface area contributed by atoms with E-state index in [1.54, 1.807) is 13.2 Å². The van der Waals surface area contributed by atoms with Crippen LogP contribution in [-0.2, 0) is 13.1 Å². The Kier molecular flexibility index (Phi) is 9.22. The Morgan fingerprint density at radius 2 is 1.94 bits per heavy atom. The summed E-state index contributed by atoms with van der Waals surface area (Å²) in [7, 11) is 5.76. The maximum atomic E-state index is 12.6. The number of anilines is 1. The van der Waals surface area contributed by atoms with Crippen LogP contribution in [0.5, 0.6) is 11.5 Å². The summed E-state index contributed by atoms with van der Waals surface area (Å²) in [5.74, 6) is 1.93. The van der Waals surface area contributed by atoms with Gasteiger partial charge in [-0.05, 0) is 62.7 Å². The number of carbonyl (C=O) groups is 1. The van der Waals surface area contributed by atoms with Gasteiger partial charge >= 0.3 is 6.03 Å². The number of urea groups is 1.